The highest BCUT2D eigenvalue weighted by Crippen LogP contribution is 2.50. The summed E-state index contributed by atoms with van der Waals surface area (Å²) < 4.78 is 47.4. The number of amides is 1. The summed E-state index contributed by atoms with van der Waals surface area (Å²) in [6.07, 6.45) is 14.1. The molecule has 1 N–H and O–H groups in total. The van der Waals surface area contributed by atoms with Crippen molar-refractivity contribution >= 4 is 33.2 Å². The minimum atomic E-state index is -3.80. The van der Waals surface area contributed by atoms with E-state index in [2.05, 4.69) is 52.7 Å². The molecule has 3 aliphatic heterocycles. The van der Waals surface area contributed by atoms with Crippen LogP contribution >= 0.6 is 11.6 Å². The van der Waals surface area contributed by atoms with Crippen LogP contribution in [0.4, 0.5) is 5.69 Å². The van der Waals surface area contributed by atoms with E-state index in [1.54, 1.807) is 19.9 Å². The molecule has 53 heavy (non-hydrogen) atoms. The average molecular weight is 768 g/mol. The van der Waals surface area contributed by atoms with Crippen molar-refractivity contribution in [1.82, 2.24) is 9.62 Å². The summed E-state index contributed by atoms with van der Waals surface area (Å²) >= 11 is 6.51. The van der Waals surface area contributed by atoms with Crippen LogP contribution in [0.3, 0.4) is 0 Å². The molecule has 2 aliphatic carbocycles. The van der Waals surface area contributed by atoms with Crippen molar-refractivity contribution in [2.45, 2.75) is 107 Å². The summed E-state index contributed by atoms with van der Waals surface area (Å²) in [5.74, 6) is 0.730. The lowest BCUT2D eigenvalue weighted by Gasteiger charge is -2.54. The van der Waals surface area contributed by atoms with Gasteiger partial charge in [0.2, 0.25) is 10.0 Å². The van der Waals surface area contributed by atoms with Crippen LogP contribution in [-0.2, 0) is 31.3 Å². The zero-order valence-corrected chi connectivity index (χ0v) is 33.6. The molecule has 0 bridgehead atoms. The first-order valence-electron chi connectivity index (χ1n) is 19.9. The van der Waals surface area contributed by atoms with E-state index in [9.17, 15) is 13.2 Å². The average Bonchev–Trinajstić information content (AvgIpc) is 3.25. The fraction of sp³-hybridized carbons (Fsp3) is 0.643. The number of piperidine rings is 1. The molecule has 2 spiro atoms. The van der Waals surface area contributed by atoms with E-state index in [0.717, 1.165) is 94.9 Å². The van der Waals surface area contributed by atoms with Gasteiger partial charge in [-0.3, -0.25) is 9.69 Å². The second-order valence-electron chi connectivity index (χ2n) is 16.5. The summed E-state index contributed by atoms with van der Waals surface area (Å²) in [5.41, 5.74) is 3.09. The number of nitrogens with one attached hydrogen (secondary N) is 1. The third-order valence-corrected chi connectivity index (χ3v) is 14.9. The van der Waals surface area contributed by atoms with Crippen LogP contribution in [-0.4, -0.2) is 88.2 Å². The van der Waals surface area contributed by atoms with Gasteiger partial charge in [-0.2, -0.15) is 0 Å². The number of hydrogen-bond donors (Lipinski definition) is 1. The minimum absolute atomic E-state index is 0.0963. The quantitative estimate of drug-likeness (QED) is 0.225. The smallest absolute Gasteiger partial charge is 0.264 e. The van der Waals surface area contributed by atoms with Crippen LogP contribution in [0.1, 0.15) is 101 Å². The molecule has 2 aromatic carbocycles. The molecule has 0 unspecified atom stereocenters. The number of fused-ring (bicyclic) bond motifs is 3. The normalized spacial score (nSPS) is 26.6. The van der Waals surface area contributed by atoms with E-state index in [4.69, 9.17) is 25.8 Å². The first-order chi connectivity index (χ1) is 25.4. The Morgan fingerprint density at radius 2 is 1.91 bits per heavy atom. The van der Waals surface area contributed by atoms with Crippen molar-refractivity contribution in [3.63, 3.8) is 0 Å². The van der Waals surface area contributed by atoms with E-state index in [0.29, 0.717) is 42.9 Å². The van der Waals surface area contributed by atoms with Crippen LogP contribution in [0, 0.1) is 11.8 Å². The lowest BCUT2D eigenvalue weighted by atomic mass is 9.63. The standard InChI is InChI=1S/C42H58ClN3O6S/c1-5-7-17-42(51-6-2,28-45-21-18-41(19-22-45)20-23-52-41)36-13-10-33(36)26-46-27-40(16-8-9-31-24-34(43)12-14-35(31)40)29-50-38-15-11-32(25-37(38)46)39(47)44-53(48,49)30(3)4/h7,11-12,14-15,17,24-25,30,33,36H,5-6,8-10,13,16,18-23,26-29H2,1-4H3,(H,44,47)/b17-7+/t33-,36+,40-,42-/m0/s1. The van der Waals surface area contributed by atoms with Crippen LogP contribution in [0.2, 0.25) is 5.02 Å². The van der Waals surface area contributed by atoms with E-state index in [-0.39, 0.29) is 11.0 Å². The summed E-state index contributed by atoms with van der Waals surface area (Å²) in [5, 5.41) is 0.0173. The number of anilines is 1. The minimum Gasteiger partial charge on any atom is -0.490 e. The number of aryl methyl sites for hydroxylation is 1. The number of carbonyl (C=O) groups is 1. The molecule has 290 valence electrons. The molecule has 1 amide bonds. The van der Waals surface area contributed by atoms with Gasteiger partial charge >= 0.3 is 0 Å². The number of benzene rings is 2. The van der Waals surface area contributed by atoms with Crippen molar-refractivity contribution < 1.29 is 27.4 Å². The second kappa shape index (κ2) is 15.5. The van der Waals surface area contributed by atoms with Gasteiger partial charge in [0.1, 0.15) is 11.4 Å². The number of ether oxygens (including phenoxy) is 3. The number of likely N-dealkylation sites (tertiary alicyclic amines) is 1. The zero-order valence-electron chi connectivity index (χ0n) is 32.0. The largest absolute Gasteiger partial charge is 0.490 e. The van der Waals surface area contributed by atoms with Crippen molar-refractivity contribution in [2.24, 2.45) is 11.8 Å². The summed E-state index contributed by atoms with van der Waals surface area (Å²) in [4.78, 5) is 18.5. The molecule has 3 fully saturated rings. The molecule has 4 atom stereocenters. The molecule has 7 rings (SSSR count). The summed E-state index contributed by atoms with van der Waals surface area (Å²) in [6.45, 7) is 13.9. The summed E-state index contributed by atoms with van der Waals surface area (Å²) in [6, 6.07) is 11.6. The fourth-order valence-corrected chi connectivity index (χ4v) is 10.4. The Morgan fingerprint density at radius 3 is 2.57 bits per heavy atom. The van der Waals surface area contributed by atoms with E-state index in [1.807, 2.05) is 18.2 Å². The van der Waals surface area contributed by atoms with Crippen molar-refractivity contribution in [1.29, 1.82) is 0 Å². The molecule has 3 heterocycles. The Bertz CT molecular complexity index is 1790. The first kappa shape index (κ1) is 38.6. The van der Waals surface area contributed by atoms with Gasteiger partial charge in [0.25, 0.3) is 5.91 Å². The molecule has 0 radical (unpaired) electrons. The zero-order chi connectivity index (χ0) is 37.4. The van der Waals surface area contributed by atoms with Gasteiger partial charge < -0.3 is 19.1 Å². The van der Waals surface area contributed by atoms with Gasteiger partial charge in [-0.05, 0) is 132 Å². The van der Waals surface area contributed by atoms with Gasteiger partial charge in [-0.15, -0.1) is 0 Å². The SMILES string of the molecule is CC/C=C/[C@@](CN1CCC2(CCO2)CC1)(OCC)[C@@H]1CC[C@H]1CN1C[C@@]2(CCCc3cc(Cl)ccc32)COc2ccc(C(=O)NS(=O)(=O)C(C)C)cc21. The highest BCUT2D eigenvalue weighted by molar-refractivity contribution is 7.90. The Labute approximate surface area is 321 Å². The van der Waals surface area contributed by atoms with Crippen LogP contribution in [0.15, 0.2) is 48.6 Å². The molecule has 2 saturated heterocycles. The number of halogens is 1. The second-order valence-corrected chi connectivity index (χ2v) is 19.2. The van der Waals surface area contributed by atoms with E-state index in [1.165, 1.54) is 17.5 Å². The molecular formula is C42H58ClN3O6S. The number of rotatable bonds is 12. The Hall–Kier alpha value is -2.63. The molecule has 11 heteroatoms. The molecule has 9 nitrogen and oxygen atoms in total. The maximum atomic E-state index is 13.4. The van der Waals surface area contributed by atoms with Gasteiger partial charge in [-0.25, -0.2) is 13.1 Å². The third kappa shape index (κ3) is 7.77. The Balaban J connectivity index is 1.22. The van der Waals surface area contributed by atoms with Gasteiger partial charge in [-0.1, -0.05) is 36.7 Å². The predicted octanol–water partition coefficient (Wildman–Crippen LogP) is 7.30. The lowest BCUT2D eigenvalue weighted by Crippen LogP contribution is -2.60. The molecular weight excluding hydrogens is 710 g/mol. The highest BCUT2D eigenvalue weighted by Gasteiger charge is 2.51. The maximum Gasteiger partial charge on any atom is 0.264 e. The fourth-order valence-electron chi connectivity index (χ4n) is 9.61. The molecule has 1 saturated carbocycles. The van der Waals surface area contributed by atoms with E-state index >= 15 is 0 Å². The maximum absolute atomic E-state index is 13.4. The number of nitrogens with zero attached hydrogens (tertiary/aromatic N) is 2. The van der Waals surface area contributed by atoms with Crippen LogP contribution in [0.5, 0.6) is 5.75 Å². The van der Waals surface area contributed by atoms with E-state index < -0.39 is 26.8 Å². The molecule has 2 aromatic rings. The van der Waals surface area contributed by atoms with Crippen molar-refractivity contribution in [2.75, 3.05) is 57.4 Å². The lowest BCUT2D eigenvalue weighted by molar-refractivity contribution is -0.180. The number of allylic oxidation sites excluding steroid dienone is 1. The number of carbonyl (C=O) groups excluding carboxylic acids is 1. The molecule has 0 aromatic heterocycles. The predicted molar refractivity (Wildman–Crippen MR) is 211 cm³/mol. The third-order valence-electron chi connectivity index (χ3n) is 12.9. The van der Waals surface area contributed by atoms with Crippen LogP contribution in [0.25, 0.3) is 0 Å². The number of sulfonamides is 1. The highest BCUT2D eigenvalue weighted by atomic mass is 35.5. The van der Waals surface area contributed by atoms with Gasteiger partial charge in [0.15, 0.2) is 0 Å². The number of hydrogen-bond acceptors (Lipinski definition) is 8. The monoisotopic (exact) mass is 767 g/mol. The Kier molecular flexibility index (Phi) is 11.3. The van der Waals surface area contributed by atoms with Gasteiger partial charge in [0, 0.05) is 55.3 Å². The topological polar surface area (TPSA) is 97.4 Å². The Morgan fingerprint density at radius 1 is 1.11 bits per heavy atom. The van der Waals surface area contributed by atoms with Crippen molar-refractivity contribution in [3.05, 3.63) is 70.3 Å². The summed E-state index contributed by atoms with van der Waals surface area (Å²) in [7, 11) is -3.80. The van der Waals surface area contributed by atoms with Gasteiger partial charge in [0.05, 0.1) is 29.8 Å². The first-order valence-corrected chi connectivity index (χ1v) is 21.9. The molecule has 5 aliphatic rings. The van der Waals surface area contributed by atoms with Crippen LogP contribution < -0.4 is 14.4 Å². The van der Waals surface area contributed by atoms with Crippen molar-refractivity contribution in [3.8, 4) is 5.75 Å².